The maximum absolute atomic E-state index is 14.4. The molecule has 3 saturated heterocycles. The molecule has 3 N–H and O–H groups in total. The van der Waals surface area contributed by atoms with Crippen LogP contribution in [0.5, 0.6) is 0 Å². The molecule has 13 nitrogen and oxygen atoms in total. The summed E-state index contributed by atoms with van der Waals surface area (Å²) >= 11 is 7.56. The molecule has 3 heterocycles. The van der Waals surface area contributed by atoms with E-state index in [0.717, 1.165) is 78.2 Å². The predicted octanol–water partition coefficient (Wildman–Crippen LogP) is 11.4. The number of carbonyl (C=O) groups excluding carboxylic acids is 2. The summed E-state index contributed by atoms with van der Waals surface area (Å²) in [5.41, 5.74) is -3.29. The molecule has 5 aromatic rings. The van der Waals surface area contributed by atoms with Crippen molar-refractivity contribution >= 4 is 66.6 Å². The van der Waals surface area contributed by atoms with Crippen LogP contribution in [0, 0.1) is 11.3 Å². The van der Waals surface area contributed by atoms with Gasteiger partial charge in [0.25, 0.3) is 25.8 Å². The van der Waals surface area contributed by atoms with E-state index in [0.29, 0.717) is 68.8 Å². The second-order valence-electron chi connectivity index (χ2n) is 21.0. The lowest BCUT2D eigenvalue weighted by atomic mass is 9.71. The molecule has 0 radical (unpaired) electrons. The van der Waals surface area contributed by atoms with Gasteiger partial charge >= 0.3 is 11.6 Å². The van der Waals surface area contributed by atoms with Gasteiger partial charge in [0.2, 0.25) is 0 Å². The number of nitrogens with one attached hydrogen (secondary N) is 2. The lowest BCUT2D eigenvalue weighted by Crippen LogP contribution is -2.49. The number of anilines is 2. The molecule has 0 aliphatic carbocycles. The van der Waals surface area contributed by atoms with Crippen LogP contribution in [0.3, 0.4) is 0 Å². The zero-order chi connectivity index (χ0) is 54.5. The quantitative estimate of drug-likeness (QED) is 0.0802. The molecule has 20 heteroatoms. The van der Waals surface area contributed by atoms with E-state index < -0.39 is 64.5 Å². The third-order valence-electron chi connectivity index (χ3n) is 14.7. The summed E-state index contributed by atoms with van der Waals surface area (Å²) in [4.78, 5) is 31.1. The van der Waals surface area contributed by atoms with Gasteiger partial charge in [-0.2, -0.15) is 13.2 Å². The van der Waals surface area contributed by atoms with E-state index in [1.165, 1.54) is 23.9 Å². The highest BCUT2D eigenvalue weighted by atomic mass is 35.5. The lowest BCUT2D eigenvalue weighted by molar-refractivity contribution is -0.0436. The number of amides is 2. The Morgan fingerprint density at radius 1 is 0.803 bits per heavy atom. The van der Waals surface area contributed by atoms with Gasteiger partial charge in [0, 0.05) is 65.7 Å². The third kappa shape index (κ3) is 14.0. The fraction of sp³-hybridized carbons (Fsp3) is 0.429. The zero-order valence-corrected chi connectivity index (χ0v) is 46.0. The van der Waals surface area contributed by atoms with Crippen molar-refractivity contribution in [1.82, 2.24) is 14.5 Å². The van der Waals surface area contributed by atoms with Crippen molar-refractivity contribution in [2.45, 2.75) is 104 Å². The van der Waals surface area contributed by atoms with Crippen molar-refractivity contribution < 1.29 is 49.4 Å². The molecule has 8 rings (SSSR count). The molecule has 3 aliphatic heterocycles. The van der Waals surface area contributed by atoms with E-state index in [9.17, 15) is 44.7 Å². The smallest absolute Gasteiger partial charge is 0.444 e. The molecule has 76 heavy (non-hydrogen) atoms. The first-order valence-electron chi connectivity index (χ1n) is 25.5. The zero-order valence-electron chi connectivity index (χ0n) is 42.8. The SMILES string of the molecule is CC(C)(C)OC(=O)N1CCC2(CCN(CCC(CSc3ccccc3)Nc3ccc(S(=O)(=O)NC(=O)c4ccc(N5CCC(C(O)c6ccccc6-c6ccc(Cl)cc6)CC5)cc4)cc3S(=O)(=O)C(F)(F)F)CC2)CC1. The monoisotopic (exact) mass is 1120 g/mol. The van der Waals surface area contributed by atoms with Crippen LogP contribution in [-0.4, -0.2) is 112 Å². The van der Waals surface area contributed by atoms with E-state index >= 15 is 0 Å². The van der Waals surface area contributed by atoms with Crippen LogP contribution < -0.4 is 14.9 Å². The number of aliphatic hydroxyl groups excluding tert-OH is 1. The van der Waals surface area contributed by atoms with E-state index in [1.807, 2.05) is 104 Å². The molecule has 3 aliphatic rings. The van der Waals surface area contributed by atoms with Gasteiger partial charge < -0.3 is 29.9 Å². The summed E-state index contributed by atoms with van der Waals surface area (Å²) in [6.07, 6.45) is 4.27. The Balaban J connectivity index is 0.911. The largest absolute Gasteiger partial charge is 0.501 e. The Kier molecular flexibility index (Phi) is 17.8. The number of sulfonamides is 1. The molecule has 5 aromatic carbocycles. The fourth-order valence-electron chi connectivity index (χ4n) is 10.3. The highest BCUT2D eigenvalue weighted by molar-refractivity contribution is 7.99. The van der Waals surface area contributed by atoms with Gasteiger partial charge in [0.05, 0.1) is 16.7 Å². The Morgan fingerprint density at radius 3 is 2.05 bits per heavy atom. The molecule has 2 unspecified atom stereocenters. The average molecular weight is 1120 g/mol. The van der Waals surface area contributed by atoms with E-state index in [1.54, 1.807) is 17.0 Å². The first-order valence-corrected chi connectivity index (χ1v) is 29.9. The van der Waals surface area contributed by atoms with Crippen molar-refractivity contribution in [3.8, 4) is 11.1 Å². The maximum atomic E-state index is 14.4. The Bertz CT molecular complexity index is 3030. The van der Waals surface area contributed by atoms with Gasteiger partial charge in [-0.05, 0) is 174 Å². The van der Waals surface area contributed by atoms with Gasteiger partial charge in [0.1, 0.15) is 10.5 Å². The van der Waals surface area contributed by atoms with Gasteiger partial charge in [-0.15, -0.1) is 11.8 Å². The number of benzene rings is 5. The molecule has 0 aromatic heterocycles. The molecule has 2 atom stereocenters. The highest BCUT2D eigenvalue weighted by Crippen LogP contribution is 2.43. The summed E-state index contributed by atoms with van der Waals surface area (Å²) in [5, 5.41) is 15.2. The highest BCUT2D eigenvalue weighted by Gasteiger charge is 2.49. The number of nitrogens with zero attached hydrogens (tertiary/aromatic N) is 3. The van der Waals surface area contributed by atoms with Crippen LogP contribution in [0.4, 0.5) is 29.3 Å². The number of thioether (sulfide) groups is 1. The lowest BCUT2D eigenvalue weighted by Gasteiger charge is -2.47. The number of halogens is 4. The number of carbonyl (C=O) groups is 2. The minimum absolute atomic E-state index is 0.0272. The molecular weight excluding hydrogens is 1060 g/mol. The van der Waals surface area contributed by atoms with Crippen LogP contribution in [-0.2, 0) is 24.6 Å². The molecule has 3 fully saturated rings. The molecular formula is C56H65ClF3N5O8S3. The standard InChI is InChI=1S/C56H65ClF3N5O8S3/c1-54(2,3)73-53(68)65-35-28-55(29-36-65)26-33-63(34-27-55)30-25-43(38-74-45-9-5-4-6-10-45)61-49-22-21-46(37-50(49)75(69,70)56(58,59)60)76(71,72)62-52(67)41-15-19-44(20-16-41)64-31-23-40(24-32-64)51(66)48-12-8-7-11-47(48)39-13-17-42(57)18-14-39/h4-22,37,40,43,51,61,66H,23-36,38H2,1-3H3,(H,62,67). The van der Waals surface area contributed by atoms with Crippen molar-refractivity contribution in [3.05, 3.63) is 137 Å². The topological polar surface area (TPSA) is 166 Å². The summed E-state index contributed by atoms with van der Waals surface area (Å²) in [6, 6.07) is 32.6. The Labute approximate surface area is 453 Å². The van der Waals surface area contributed by atoms with Crippen LogP contribution in [0.15, 0.2) is 136 Å². The Morgan fingerprint density at radius 2 is 1.42 bits per heavy atom. The number of aliphatic hydroxyl groups is 1. The second-order valence-corrected chi connectivity index (χ2v) is 26.1. The first kappa shape index (κ1) is 56.9. The number of likely N-dealkylation sites (tertiary alicyclic amines) is 2. The molecule has 408 valence electrons. The van der Waals surface area contributed by atoms with Gasteiger partial charge in [0.15, 0.2) is 0 Å². The van der Waals surface area contributed by atoms with E-state index in [4.69, 9.17) is 16.3 Å². The van der Waals surface area contributed by atoms with Crippen molar-refractivity contribution in [2.24, 2.45) is 11.3 Å². The number of rotatable bonds is 16. The van der Waals surface area contributed by atoms with Crippen molar-refractivity contribution in [2.75, 3.05) is 61.8 Å². The van der Waals surface area contributed by atoms with Crippen LogP contribution in [0.2, 0.25) is 5.02 Å². The number of sulfone groups is 1. The number of hydrogen-bond acceptors (Lipinski definition) is 12. The van der Waals surface area contributed by atoms with Gasteiger partial charge in [-0.3, -0.25) is 4.79 Å². The Hall–Kier alpha value is -5.31. The van der Waals surface area contributed by atoms with Crippen LogP contribution >= 0.6 is 23.4 Å². The van der Waals surface area contributed by atoms with Gasteiger partial charge in [-0.25, -0.2) is 26.4 Å². The summed E-state index contributed by atoms with van der Waals surface area (Å²) in [6.45, 7) is 10.1. The number of alkyl halides is 3. The molecule has 0 bridgehead atoms. The molecule has 2 amide bonds. The fourth-order valence-corrected chi connectivity index (χ4v) is 13.4. The van der Waals surface area contributed by atoms with Crippen LogP contribution in [0.1, 0.15) is 87.7 Å². The number of piperidine rings is 3. The minimum atomic E-state index is -6.12. The van der Waals surface area contributed by atoms with Gasteiger partial charge in [-0.1, -0.05) is 66.2 Å². The third-order valence-corrected chi connectivity index (χ3v) is 19.0. The minimum Gasteiger partial charge on any atom is -0.444 e. The predicted molar refractivity (Wildman–Crippen MR) is 292 cm³/mol. The number of ether oxygens (including phenoxy) is 1. The van der Waals surface area contributed by atoms with Crippen molar-refractivity contribution in [3.63, 3.8) is 0 Å². The summed E-state index contributed by atoms with van der Waals surface area (Å²) in [7, 11) is -11.0. The van der Waals surface area contributed by atoms with E-state index in [2.05, 4.69) is 15.1 Å². The average Bonchev–Trinajstić information content (AvgIpc) is 3.39. The summed E-state index contributed by atoms with van der Waals surface area (Å²) < 4.78 is 105. The first-order chi connectivity index (χ1) is 36.0. The van der Waals surface area contributed by atoms with Crippen LogP contribution in [0.25, 0.3) is 11.1 Å². The summed E-state index contributed by atoms with van der Waals surface area (Å²) in [5.74, 6) is -0.756. The normalized spacial score (nSPS) is 17.7. The van der Waals surface area contributed by atoms with E-state index in [-0.39, 0.29) is 23.0 Å². The van der Waals surface area contributed by atoms with Crippen molar-refractivity contribution in [1.29, 1.82) is 0 Å². The number of hydrogen-bond donors (Lipinski definition) is 3. The second kappa shape index (κ2) is 23.7. The molecule has 0 saturated carbocycles. The maximum Gasteiger partial charge on any atom is 0.501 e. The molecule has 1 spiro atoms.